The third-order valence-corrected chi connectivity index (χ3v) is 7.10. The van der Waals surface area contributed by atoms with Gasteiger partial charge in [0.15, 0.2) is 6.23 Å². The zero-order chi connectivity index (χ0) is 26.9. The summed E-state index contributed by atoms with van der Waals surface area (Å²) in [6, 6.07) is 1.79. The van der Waals surface area contributed by atoms with Gasteiger partial charge in [-0.15, -0.1) is 0 Å². The molecule has 200 valence electrons. The molecule has 0 spiro atoms. The SMILES string of the molecule is C=CO.COC(NC(C)=O)[C@@H]1CC(O)C(C)(C)C(C[C@H](O)CCCc2c(C)c(C)cc(O)c2C)O1. The molecule has 5 atom stereocenters. The van der Waals surface area contributed by atoms with Crippen LogP contribution < -0.4 is 5.32 Å². The molecule has 0 aliphatic carbocycles. The molecule has 0 radical (unpaired) electrons. The number of hydrogen-bond donors (Lipinski definition) is 5. The highest BCUT2D eigenvalue weighted by Gasteiger charge is 2.46. The summed E-state index contributed by atoms with van der Waals surface area (Å²) in [6.07, 6.45) is 0.838. The van der Waals surface area contributed by atoms with Crippen LogP contribution in [0.25, 0.3) is 0 Å². The summed E-state index contributed by atoms with van der Waals surface area (Å²) in [5.41, 5.74) is 3.74. The van der Waals surface area contributed by atoms with E-state index in [0.29, 0.717) is 25.0 Å². The fourth-order valence-electron chi connectivity index (χ4n) is 4.59. The van der Waals surface area contributed by atoms with Crippen molar-refractivity contribution >= 4 is 5.91 Å². The Balaban J connectivity index is 0.00000194. The molecule has 8 heteroatoms. The van der Waals surface area contributed by atoms with Crippen molar-refractivity contribution in [3.63, 3.8) is 0 Å². The number of aliphatic hydroxyl groups excluding tert-OH is 3. The zero-order valence-electron chi connectivity index (χ0n) is 22.3. The van der Waals surface area contributed by atoms with Crippen molar-refractivity contribution in [3.05, 3.63) is 41.2 Å². The minimum atomic E-state index is -0.655. The number of rotatable bonds is 9. The van der Waals surface area contributed by atoms with Gasteiger partial charge in [0.25, 0.3) is 0 Å². The Morgan fingerprint density at radius 2 is 1.94 bits per heavy atom. The Morgan fingerprint density at radius 1 is 1.34 bits per heavy atom. The topological polar surface area (TPSA) is 128 Å². The van der Waals surface area contributed by atoms with Crippen LogP contribution >= 0.6 is 0 Å². The monoisotopic (exact) mass is 495 g/mol. The standard InChI is InChI=1S/C25H41NO6.C2H4O/c1-14-11-20(29)16(3)19(15(14)2)10-8-9-18(28)12-23-25(5,6)22(30)13-21(32-23)24(31-7)26-17(4)27;1-2-3/h11,18,21-24,28-30H,8-10,12-13H2,1-7H3,(H,26,27);2-3H,1H2/t18-,21+,22?,23?,24?;/m1./s1. The molecule has 1 aromatic carbocycles. The number of phenols is 1. The molecule has 1 aliphatic rings. The van der Waals surface area contributed by atoms with Crippen molar-refractivity contribution in [1.29, 1.82) is 0 Å². The number of carbonyl (C=O) groups is 1. The third kappa shape index (κ3) is 8.49. The number of nitrogens with one attached hydrogen (secondary N) is 1. The summed E-state index contributed by atoms with van der Waals surface area (Å²) in [7, 11) is 1.49. The van der Waals surface area contributed by atoms with Gasteiger partial charge in [0.1, 0.15) is 11.9 Å². The molecule has 2 rings (SSSR count). The lowest BCUT2D eigenvalue weighted by atomic mass is 9.74. The Labute approximate surface area is 210 Å². The van der Waals surface area contributed by atoms with E-state index in [0.717, 1.165) is 35.8 Å². The molecule has 1 aliphatic heterocycles. The third-order valence-electron chi connectivity index (χ3n) is 7.10. The first-order valence-electron chi connectivity index (χ1n) is 12.1. The molecule has 35 heavy (non-hydrogen) atoms. The van der Waals surface area contributed by atoms with Gasteiger partial charge in [0.05, 0.1) is 24.6 Å². The first kappa shape index (κ1) is 30.9. The molecule has 1 fully saturated rings. The van der Waals surface area contributed by atoms with E-state index in [2.05, 4.69) is 18.8 Å². The predicted octanol–water partition coefficient (Wildman–Crippen LogP) is 3.73. The lowest BCUT2D eigenvalue weighted by Crippen LogP contribution is -2.57. The van der Waals surface area contributed by atoms with Crippen molar-refractivity contribution in [2.24, 2.45) is 5.41 Å². The van der Waals surface area contributed by atoms with Gasteiger partial charge in [-0.1, -0.05) is 20.4 Å². The second-order valence-electron chi connectivity index (χ2n) is 10.00. The summed E-state index contributed by atoms with van der Waals surface area (Å²) < 4.78 is 11.6. The lowest BCUT2D eigenvalue weighted by molar-refractivity contribution is -0.214. The lowest BCUT2D eigenvalue weighted by Gasteiger charge is -2.47. The van der Waals surface area contributed by atoms with E-state index in [9.17, 15) is 20.1 Å². The number of carbonyl (C=O) groups excluding carboxylic acids is 1. The van der Waals surface area contributed by atoms with E-state index in [1.165, 1.54) is 19.6 Å². The van der Waals surface area contributed by atoms with Crippen molar-refractivity contribution < 1.29 is 34.7 Å². The highest BCUT2D eigenvalue weighted by atomic mass is 16.6. The summed E-state index contributed by atoms with van der Waals surface area (Å²) in [5, 5.41) is 41.7. The molecule has 0 bridgehead atoms. The molecular weight excluding hydrogens is 450 g/mol. The molecule has 1 amide bonds. The number of hydrogen-bond acceptors (Lipinski definition) is 7. The smallest absolute Gasteiger partial charge is 0.218 e. The van der Waals surface area contributed by atoms with Crippen LogP contribution in [0.4, 0.5) is 0 Å². The zero-order valence-corrected chi connectivity index (χ0v) is 22.3. The molecule has 0 aromatic heterocycles. The van der Waals surface area contributed by atoms with Gasteiger partial charge in [0, 0.05) is 32.3 Å². The average molecular weight is 496 g/mol. The minimum Gasteiger partial charge on any atom is -0.516 e. The van der Waals surface area contributed by atoms with Gasteiger partial charge >= 0.3 is 0 Å². The van der Waals surface area contributed by atoms with Gasteiger partial charge in [-0.3, -0.25) is 4.79 Å². The van der Waals surface area contributed by atoms with Gasteiger partial charge < -0.3 is 35.2 Å². The largest absolute Gasteiger partial charge is 0.516 e. The fourth-order valence-corrected chi connectivity index (χ4v) is 4.59. The number of methoxy groups -OCH3 is 1. The number of benzene rings is 1. The van der Waals surface area contributed by atoms with E-state index in [1.807, 2.05) is 27.7 Å². The van der Waals surface area contributed by atoms with Crippen LogP contribution in [-0.4, -0.2) is 64.1 Å². The van der Waals surface area contributed by atoms with Crippen LogP contribution in [0.15, 0.2) is 18.9 Å². The van der Waals surface area contributed by atoms with Crippen molar-refractivity contribution in [1.82, 2.24) is 5.32 Å². The van der Waals surface area contributed by atoms with Crippen molar-refractivity contribution in [2.45, 2.75) is 104 Å². The Morgan fingerprint density at radius 3 is 2.49 bits per heavy atom. The quantitative estimate of drug-likeness (QED) is 0.261. The van der Waals surface area contributed by atoms with Crippen molar-refractivity contribution in [3.8, 4) is 5.75 Å². The molecule has 1 heterocycles. The first-order valence-corrected chi connectivity index (χ1v) is 12.1. The van der Waals surface area contributed by atoms with Crippen molar-refractivity contribution in [2.75, 3.05) is 7.11 Å². The van der Waals surface area contributed by atoms with E-state index < -0.39 is 30.0 Å². The number of phenolic OH excluding ortho intramolecular Hbond substituents is 1. The van der Waals surface area contributed by atoms with Crippen LogP contribution in [0.5, 0.6) is 5.75 Å². The van der Waals surface area contributed by atoms with Gasteiger partial charge in [-0.2, -0.15) is 0 Å². The molecule has 0 saturated carbocycles. The van der Waals surface area contributed by atoms with Crippen LogP contribution in [0.1, 0.15) is 68.7 Å². The number of aromatic hydroxyl groups is 1. The highest BCUT2D eigenvalue weighted by Crippen LogP contribution is 2.40. The minimum absolute atomic E-state index is 0.232. The molecule has 1 saturated heterocycles. The van der Waals surface area contributed by atoms with E-state index >= 15 is 0 Å². The molecular formula is C27H45NO7. The number of amides is 1. The van der Waals surface area contributed by atoms with Gasteiger partial charge in [-0.05, 0) is 68.4 Å². The van der Waals surface area contributed by atoms with Crippen LogP contribution in [0.2, 0.25) is 0 Å². The second-order valence-corrected chi connectivity index (χ2v) is 10.00. The Kier molecular flexibility index (Phi) is 12.2. The summed E-state index contributed by atoms with van der Waals surface area (Å²) in [6.45, 7) is 14.2. The molecule has 1 aromatic rings. The second kappa shape index (κ2) is 13.8. The Hall–Kier alpha value is -2.13. The van der Waals surface area contributed by atoms with E-state index in [1.54, 1.807) is 6.07 Å². The maximum Gasteiger partial charge on any atom is 0.218 e. The summed E-state index contributed by atoms with van der Waals surface area (Å²) >= 11 is 0. The van der Waals surface area contributed by atoms with Gasteiger partial charge in [0.2, 0.25) is 5.91 Å². The number of aliphatic hydroxyl groups is 3. The first-order chi connectivity index (χ1) is 16.3. The van der Waals surface area contributed by atoms with Crippen LogP contribution in [0, 0.1) is 26.2 Å². The van der Waals surface area contributed by atoms with Gasteiger partial charge in [-0.25, -0.2) is 0 Å². The summed E-state index contributed by atoms with van der Waals surface area (Å²) in [5.74, 6) is 0.0806. The van der Waals surface area contributed by atoms with Crippen LogP contribution in [0.3, 0.4) is 0 Å². The molecule has 5 N–H and O–H groups in total. The average Bonchev–Trinajstić information content (AvgIpc) is 2.76. The fraction of sp³-hybridized carbons (Fsp3) is 0.667. The van der Waals surface area contributed by atoms with Crippen LogP contribution in [-0.2, 0) is 20.7 Å². The Bertz CT molecular complexity index is 813. The molecule has 3 unspecified atom stereocenters. The molecule has 8 nitrogen and oxygen atoms in total. The van der Waals surface area contributed by atoms with E-state index in [4.69, 9.17) is 14.6 Å². The predicted molar refractivity (Wildman–Crippen MR) is 136 cm³/mol. The maximum atomic E-state index is 11.5. The maximum absolute atomic E-state index is 11.5. The highest BCUT2D eigenvalue weighted by molar-refractivity contribution is 5.73. The number of ether oxygens (including phenoxy) is 2. The number of aryl methyl sites for hydroxylation is 1. The normalized spacial score (nSPS) is 22.9. The summed E-state index contributed by atoms with van der Waals surface area (Å²) in [4.78, 5) is 11.5. The van der Waals surface area contributed by atoms with E-state index in [-0.39, 0.29) is 12.0 Å².